The van der Waals surface area contributed by atoms with E-state index in [1.54, 1.807) is 12.1 Å². The number of halogens is 4. The van der Waals surface area contributed by atoms with Crippen LogP contribution < -0.4 is 5.32 Å². The average molecular weight is 452 g/mol. The highest BCUT2D eigenvalue weighted by atomic mass is 35.5. The lowest BCUT2D eigenvalue weighted by atomic mass is 10.1. The summed E-state index contributed by atoms with van der Waals surface area (Å²) >= 11 is 6.06. The van der Waals surface area contributed by atoms with Crippen LogP contribution in [0.15, 0.2) is 18.2 Å². The van der Waals surface area contributed by atoms with Gasteiger partial charge in [0, 0.05) is 56.4 Å². The van der Waals surface area contributed by atoms with Crippen molar-refractivity contribution < 1.29 is 32.6 Å². The number of carboxylic acids is 1. The molecular weight excluding hydrogens is 427 g/mol. The maximum Gasteiger partial charge on any atom is 0.425 e. The number of hydrogen-bond donors (Lipinski definition) is 2. The number of ether oxygens (including phenoxy) is 1. The summed E-state index contributed by atoms with van der Waals surface area (Å²) in [5, 5.41) is 12.5. The molecule has 1 aromatic rings. The Morgan fingerprint density at radius 3 is 2.53 bits per heavy atom. The second-order valence-electron chi connectivity index (χ2n) is 7.06. The molecule has 1 atom stereocenters. The molecule has 1 aromatic carbocycles. The average Bonchev–Trinajstić information content (AvgIpc) is 2.66. The van der Waals surface area contributed by atoms with E-state index in [1.165, 1.54) is 4.90 Å². The van der Waals surface area contributed by atoms with Crippen LogP contribution >= 0.6 is 11.6 Å². The van der Waals surface area contributed by atoms with Gasteiger partial charge in [-0.15, -0.1) is 0 Å². The van der Waals surface area contributed by atoms with Crippen molar-refractivity contribution in [3.63, 3.8) is 0 Å². The van der Waals surface area contributed by atoms with Crippen molar-refractivity contribution in [2.24, 2.45) is 0 Å². The number of nitrogens with zero attached hydrogens (tertiary/aromatic N) is 2. The van der Waals surface area contributed by atoms with Crippen LogP contribution in [0.25, 0.3) is 0 Å². The topological polar surface area (TPSA) is 82.1 Å². The Kier molecular flexibility index (Phi) is 8.60. The molecule has 1 unspecified atom stereocenters. The third-order valence-corrected chi connectivity index (χ3v) is 4.95. The number of anilines is 1. The van der Waals surface area contributed by atoms with Crippen molar-refractivity contribution in [1.82, 2.24) is 9.80 Å². The number of alkyl halides is 3. The minimum Gasteiger partial charge on any atom is -0.481 e. The standard InChI is InChI=1S/C19H25ClF3N3O4/c1-13(19(21,22)23)30-18(29)26-9-7-25(8-10-26)12-14-4-5-15(20)11-16(14)24-6-2-3-17(27)28/h4-5,11,13,24H,2-3,6-10,12H2,1H3,(H,27,28). The zero-order valence-electron chi connectivity index (χ0n) is 16.5. The Morgan fingerprint density at radius 2 is 1.93 bits per heavy atom. The van der Waals surface area contributed by atoms with Crippen molar-refractivity contribution in [3.8, 4) is 0 Å². The number of benzene rings is 1. The first-order valence-corrected chi connectivity index (χ1v) is 9.93. The fraction of sp³-hybridized carbons (Fsp3) is 0.579. The van der Waals surface area contributed by atoms with E-state index in [0.717, 1.165) is 18.2 Å². The summed E-state index contributed by atoms with van der Waals surface area (Å²) in [6.45, 7) is 3.33. The maximum absolute atomic E-state index is 12.5. The molecule has 1 heterocycles. The van der Waals surface area contributed by atoms with Crippen LogP contribution in [0.1, 0.15) is 25.3 Å². The summed E-state index contributed by atoms with van der Waals surface area (Å²) in [6, 6.07) is 5.39. The highest BCUT2D eigenvalue weighted by molar-refractivity contribution is 6.30. The monoisotopic (exact) mass is 451 g/mol. The number of piperazine rings is 1. The number of nitrogens with one attached hydrogen (secondary N) is 1. The van der Waals surface area contributed by atoms with E-state index >= 15 is 0 Å². The number of amides is 1. The number of carbonyl (C=O) groups is 2. The molecule has 168 valence electrons. The summed E-state index contributed by atoms with van der Waals surface area (Å²) < 4.78 is 42.1. The van der Waals surface area contributed by atoms with E-state index in [-0.39, 0.29) is 19.5 Å². The summed E-state index contributed by atoms with van der Waals surface area (Å²) in [5.41, 5.74) is 1.75. The first kappa shape index (κ1) is 24.1. The van der Waals surface area contributed by atoms with Gasteiger partial charge in [0.2, 0.25) is 0 Å². The molecular formula is C19H25ClF3N3O4. The third kappa shape index (κ3) is 7.56. The van der Waals surface area contributed by atoms with Crippen molar-refractivity contribution in [2.45, 2.75) is 38.6 Å². The molecule has 1 fully saturated rings. The van der Waals surface area contributed by atoms with Gasteiger partial charge in [-0.05, 0) is 31.0 Å². The van der Waals surface area contributed by atoms with Crippen molar-refractivity contribution in [3.05, 3.63) is 28.8 Å². The van der Waals surface area contributed by atoms with E-state index < -0.39 is 24.3 Å². The molecule has 2 N–H and O–H groups in total. The van der Waals surface area contributed by atoms with Gasteiger partial charge in [0.25, 0.3) is 0 Å². The normalized spacial score (nSPS) is 16.2. The maximum atomic E-state index is 12.5. The largest absolute Gasteiger partial charge is 0.481 e. The molecule has 1 aliphatic rings. The van der Waals surface area contributed by atoms with Gasteiger partial charge in [-0.25, -0.2) is 4.79 Å². The van der Waals surface area contributed by atoms with Gasteiger partial charge in [0.15, 0.2) is 6.10 Å². The Bertz CT molecular complexity index is 740. The zero-order chi connectivity index (χ0) is 22.3. The predicted octanol–water partition coefficient (Wildman–Crippen LogP) is 3.82. The molecule has 0 aliphatic carbocycles. The van der Waals surface area contributed by atoms with Gasteiger partial charge in [0.05, 0.1) is 0 Å². The number of carbonyl (C=O) groups excluding carboxylic acids is 1. The van der Waals surface area contributed by atoms with Crippen LogP contribution in [0.2, 0.25) is 5.02 Å². The molecule has 0 saturated carbocycles. The number of rotatable bonds is 8. The quantitative estimate of drug-likeness (QED) is 0.585. The Balaban J connectivity index is 1.87. The Labute approximate surface area is 177 Å². The molecule has 2 rings (SSSR count). The molecule has 1 saturated heterocycles. The summed E-state index contributed by atoms with van der Waals surface area (Å²) in [5.74, 6) is -0.857. The van der Waals surface area contributed by atoms with Crippen molar-refractivity contribution in [1.29, 1.82) is 0 Å². The molecule has 30 heavy (non-hydrogen) atoms. The van der Waals surface area contributed by atoms with E-state index in [1.807, 2.05) is 6.07 Å². The van der Waals surface area contributed by atoms with E-state index in [0.29, 0.717) is 37.6 Å². The second kappa shape index (κ2) is 10.7. The predicted molar refractivity (Wildman–Crippen MR) is 106 cm³/mol. The highest BCUT2D eigenvalue weighted by Gasteiger charge is 2.40. The molecule has 1 aliphatic heterocycles. The van der Waals surface area contributed by atoms with Crippen LogP contribution in [0, 0.1) is 0 Å². The zero-order valence-corrected chi connectivity index (χ0v) is 17.3. The number of hydrogen-bond acceptors (Lipinski definition) is 5. The van der Waals surface area contributed by atoms with Gasteiger partial charge in [-0.2, -0.15) is 13.2 Å². The van der Waals surface area contributed by atoms with Crippen molar-refractivity contribution >= 4 is 29.4 Å². The molecule has 7 nitrogen and oxygen atoms in total. The van der Waals surface area contributed by atoms with Crippen LogP contribution in [0.5, 0.6) is 0 Å². The molecule has 0 radical (unpaired) electrons. The van der Waals surface area contributed by atoms with Crippen LogP contribution in [-0.2, 0) is 16.1 Å². The fourth-order valence-corrected chi connectivity index (χ4v) is 3.11. The smallest absolute Gasteiger partial charge is 0.425 e. The van der Waals surface area contributed by atoms with E-state index in [2.05, 4.69) is 15.0 Å². The Hall–Kier alpha value is -2.20. The second-order valence-corrected chi connectivity index (χ2v) is 7.49. The first-order valence-electron chi connectivity index (χ1n) is 9.55. The van der Waals surface area contributed by atoms with Gasteiger partial charge in [0.1, 0.15) is 0 Å². The highest BCUT2D eigenvalue weighted by Crippen LogP contribution is 2.25. The first-order chi connectivity index (χ1) is 14.1. The van der Waals surface area contributed by atoms with E-state index in [9.17, 15) is 22.8 Å². The lowest BCUT2D eigenvalue weighted by Crippen LogP contribution is -2.49. The summed E-state index contributed by atoms with van der Waals surface area (Å²) in [6.07, 6.45) is -7.16. The molecule has 11 heteroatoms. The van der Waals surface area contributed by atoms with Crippen LogP contribution in [0.4, 0.5) is 23.7 Å². The molecule has 0 bridgehead atoms. The van der Waals surface area contributed by atoms with Crippen LogP contribution in [0.3, 0.4) is 0 Å². The third-order valence-electron chi connectivity index (χ3n) is 4.72. The fourth-order valence-electron chi connectivity index (χ4n) is 2.94. The van der Waals surface area contributed by atoms with Gasteiger partial charge < -0.3 is 20.1 Å². The summed E-state index contributed by atoms with van der Waals surface area (Å²) in [4.78, 5) is 25.9. The lowest BCUT2D eigenvalue weighted by Gasteiger charge is -2.35. The molecule has 0 spiro atoms. The summed E-state index contributed by atoms with van der Waals surface area (Å²) in [7, 11) is 0. The van der Waals surface area contributed by atoms with E-state index in [4.69, 9.17) is 16.7 Å². The minimum atomic E-state index is -4.58. The minimum absolute atomic E-state index is 0.0634. The van der Waals surface area contributed by atoms with Crippen LogP contribution in [-0.4, -0.2) is 72.0 Å². The molecule has 0 aromatic heterocycles. The van der Waals surface area contributed by atoms with Gasteiger partial charge in [-0.1, -0.05) is 17.7 Å². The SMILES string of the molecule is CC(OC(=O)N1CCN(Cc2ccc(Cl)cc2NCCCC(=O)O)CC1)C(F)(F)F. The molecule has 1 amide bonds. The van der Waals surface area contributed by atoms with Gasteiger partial charge in [-0.3, -0.25) is 9.69 Å². The number of carboxylic acid groups (broad SMARTS) is 1. The van der Waals surface area contributed by atoms with Crippen molar-refractivity contribution in [2.75, 3.05) is 38.0 Å². The van der Waals surface area contributed by atoms with Gasteiger partial charge >= 0.3 is 18.2 Å². The lowest BCUT2D eigenvalue weighted by molar-refractivity contribution is -0.200. The number of aliphatic carboxylic acids is 1. The Morgan fingerprint density at radius 1 is 1.27 bits per heavy atom.